The molecule has 1 atom stereocenters. The van der Waals surface area contributed by atoms with Gasteiger partial charge in [-0.25, -0.2) is 0 Å². The Bertz CT molecular complexity index is 597. The molecule has 110 valence electrons. The third-order valence-corrected chi connectivity index (χ3v) is 3.64. The molecule has 0 radical (unpaired) electrons. The van der Waals surface area contributed by atoms with Crippen molar-refractivity contribution < 1.29 is 9.47 Å². The third kappa shape index (κ3) is 3.13. The van der Waals surface area contributed by atoms with E-state index in [0.717, 1.165) is 43.2 Å². The average molecular weight is 283 g/mol. The van der Waals surface area contributed by atoms with E-state index in [2.05, 4.69) is 30.4 Å². The molecule has 2 aromatic carbocycles. The third-order valence-electron chi connectivity index (χ3n) is 3.64. The van der Waals surface area contributed by atoms with Gasteiger partial charge in [0.15, 0.2) is 0 Å². The van der Waals surface area contributed by atoms with Crippen LogP contribution in [0.3, 0.4) is 0 Å². The molecule has 0 aliphatic carbocycles. The second kappa shape index (κ2) is 6.53. The maximum atomic E-state index is 5.82. The molecule has 3 nitrogen and oxygen atoms in total. The zero-order valence-corrected chi connectivity index (χ0v) is 12.3. The van der Waals surface area contributed by atoms with E-state index in [1.807, 2.05) is 30.3 Å². The van der Waals surface area contributed by atoms with Crippen molar-refractivity contribution in [1.82, 2.24) is 0 Å². The number of para-hydroxylation sites is 3. The molecule has 3 rings (SSSR count). The number of ether oxygens (including phenoxy) is 2. The van der Waals surface area contributed by atoms with Crippen molar-refractivity contribution in [2.75, 3.05) is 18.5 Å². The van der Waals surface area contributed by atoms with Crippen molar-refractivity contribution >= 4 is 5.69 Å². The molecule has 0 fully saturated rings. The van der Waals surface area contributed by atoms with E-state index in [9.17, 15) is 0 Å². The zero-order valence-electron chi connectivity index (χ0n) is 12.3. The summed E-state index contributed by atoms with van der Waals surface area (Å²) in [5.74, 6) is 1.90. The van der Waals surface area contributed by atoms with Crippen molar-refractivity contribution in [3.05, 3.63) is 54.1 Å². The van der Waals surface area contributed by atoms with Gasteiger partial charge in [0.25, 0.3) is 0 Å². The minimum Gasteiger partial charge on any atom is -0.493 e. The molecule has 0 saturated carbocycles. The summed E-state index contributed by atoms with van der Waals surface area (Å²) in [4.78, 5) is 0. The zero-order chi connectivity index (χ0) is 14.5. The Kier molecular flexibility index (Phi) is 4.29. The number of anilines is 1. The lowest BCUT2D eigenvalue weighted by Crippen LogP contribution is -2.20. The number of nitrogens with one attached hydrogen (secondary N) is 1. The molecule has 0 spiro atoms. The molecule has 21 heavy (non-hydrogen) atoms. The maximum absolute atomic E-state index is 5.82. The van der Waals surface area contributed by atoms with Gasteiger partial charge < -0.3 is 14.8 Å². The lowest BCUT2D eigenvalue weighted by molar-refractivity contribution is 0.273. The van der Waals surface area contributed by atoms with Gasteiger partial charge in [0.1, 0.15) is 11.5 Å². The van der Waals surface area contributed by atoms with Crippen molar-refractivity contribution in [2.24, 2.45) is 0 Å². The van der Waals surface area contributed by atoms with Crippen molar-refractivity contribution in [3.8, 4) is 11.5 Å². The van der Waals surface area contributed by atoms with Crippen LogP contribution >= 0.6 is 0 Å². The summed E-state index contributed by atoms with van der Waals surface area (Å²) in [5.41, 5.74) is 2.27. The minimum atomic E-state index is 0.265. The standard InChI is InChI=1S/C18H21NO2/c1-2-12-20-18-10-6-4-8-16(18)19-15-11-13-21-17-9-5-3-7-14(15)17/h3-10,15,19H,2,11-13H2,1H3. The normalized spacial score (nSPS) is 16.7. The summed E-state index contributed by atoms with van der Waals surface area (Å²) in [5, 5.41) is 3.61. The van der Waals surface area contributed by atoms with Gasteiger partial charge in [-0.3, -0.25) is 0 Å². The first-order valence-corrected chi connectivity index (χ1v) is 7.58. The first-order chi connectivity index (χ1) is 10.4. The monoisotopic (exact) mass is 283 g/mol. The Morgan fingerprint density at radius 3 is 2.86 bits per heavy atom. The van der Waals surface area contributed by atoms with E-state index in [4.69, 9.17) is 9.47 Å². The fourth-order valence-corrected chi connectivity index (χ4v) is 2.60. The minimum absolute atomic E-state index is 0.265. The van der Waals surface area contributed by atoms with Gasteiger partial charge in [0, 0.05) is 12.0 Å². The highest BCUT2D eigenvalue weighted by atomic mass is 16.5. The molecule has 2 aromatic rings. The highest BCUT2D eigenvalue weighted by molar-refractivity contribution is 5.58. The van der Waals surface area contributed by atoms with E-state index in [-0.39, 0.29) is 6.04 Å². The molecule has 1 aliphatic rings. The van der Waals surface area contributed by atoms with Crippen LogP contribution in [0.4, 0.5) is 5.69 Å². The Morgan fingerprint density at radius 1 is 1.14 bits per heavy atom. The van der Waals surface area contributed by atoms with E-state index in [1.54, 1.807) is 0 Å². The molecule has 1 heterocycles. The van der Waals surface area contributed by atoms with Gasteiger partial charge in [-0.15, -0.1) is 0 Å². The van der Waals surface area contributed by atoms with Gasteiger partial charge in [-0.05, 0) is 24.6 Å². The maximum Gasteiger partial charge on any atom is 0.142 e. The van der Waals surface area contributed by atoms with E-state index >= 15 is 0 Å². The quantitative estimate of drug-likeness (QED) is 0.881. The molecule has 0 saturated heterocycles. The Morgan fingerprint density at radius 2 is 1.95 bits per heavy atom. The fourth-order valence-electron chi connectivity index (χ4n) is 2.60. The molecule has 3 heteroatoms. The SMILES string of the molecule is CCCOc1ccccc1NC1CCOc2ccccc21. The summed E-state index contributed by atoms with van der Waals surface area (Å²) in [6.07, 6.45) is 1.97. The largest absolute Gasteiger partial charge is 0.493 e. The van der Waals surface area contributed by atoms with Crippen LogP contribution in [-0.4, -0.2) is 13.2 Å². The predicted octanol–water partition coefficient (Wildman–Crippen LogP) is 4.41. The Balaban J connectivity index is 1.81. The summed E-state index contributed by atoms with van der Waals surface area (Å²) in [6.45, 7) is 3.60. The first kappa shape index (κ1) is 13.8. The van der Waals surface area contributed by atoms with Gasteiger partial charge in [0.2, 0.25) is 0 Å². The van der Waals surface area contributed by atoms with Gasteiger partial charge in [-0.1, -0.05) is 37.3 Å². The smallest absolute Gasteiger partial charge is 0.142 e. The second-order valence-corrected chi connectivity index (χ2v) is 5.22. The molecule has 0 bridgehead atoms. The number of hydrogen-bond acceptors (Lipinski definition) is 3. The van der Waals surface area contributed by atoms with Crippen LogP contribution in [-0.2, 0) is 0 Å². The van der Waals surface area contributed by atoms with Crippen LogP contribution in [0.5, 0.6) is 11.5 Å². The lowest BCUT2D eigenvalue weighted by Gasteiger charge is -2.28. The summed E-state index contributed by atoms with van der Waals surface area (Å²) in [6, 6.07) is 16.6. The molecule has 1 N–H and O–H groups in total. The predicted molar refractivity (Wildman–Crippen MR) is 85.1 cm³/mol. The first-order valence-electron chi connectivity index (χ1n) is 7.58. The van der Waals surface area contributed by atoms with Gasteiger partial charge >= 0.3 is 0 Å². The number of benzene rings is 2. The van der Waals surface area contributed by atoms with Gasteiger partial charge in [0.05, 0.1) is 24.9 Å². The van der Waals surface area contributed by atoms with Crippen molar-refractivity contribution in [3.63, 3.8) is 0 Å². The highest BCUT2D eigenvalue weighted by Gasteiger charge is 2.21. The Hall–Kier alpha value is -2.16. The van der Waals surface area contributed by atoms with Crippen LogP contribution in [0.25, 0.3) is 0 Å². The van der Waals surface area contributed by atoms with Crippen molar-refractivity contribution in [2.45, 2.75) is 25.8 Å². The highest BCUT2D eigenvalue weighted by Crippen LogP contribution is 2.36. The topological polar surface area (TPSA) is 30.5 Å². The van der Waals surface area contributed by atoms with Crippen molar-refractivity contribution in [1.29, 1.82) is 0 Å². The van der Waals surface area contributed by atoms with Gasteiger partial charge in [-0.2, -0.15) is 0 Å². The molecule has 0 amide bonds. The molecular formula is C18H21NO2. The van der Waals surface area contributed by atoms with E-state index in [0.29, 0.717) is 0 Å². The molecular weight excluding hydrogens is 262 g/mol. The second-order valence-electron chi connectivity index (χ2n) is 5.22. The fraction of sp³-hybridized carbons (Fsp3) is 0.333. The number of fused-ring (bicyclic) bond motifs is 1. The number of rotatable bonds is 5. The summed E-state index contributed by atoms with van der Waals surface area (Å²) in [7, 11) is 0. The van der Waals surface area contributed by atoms with Crippen LogP contribution in [0.15, 0.2) is 48.5 Å². The number of hydrogen-bond donors (Lipinski definition) is 1. The summed E-state index contributed by atoms with van der Waals surface area (Å²) >= 11 is 0. The van der Waals surface area contributed by atoms with E-state index < -0.39 is 0 Å². The van der Waals surface area contributed by atoms with Crippen LogP contribution in [0, 0.1) is 0 Å². The molecule has 0 aromatic heterocycles. The summed E-state index contributed by atoms with van der Waals surface area (Å²) < 4.78 is 11.5. The van der Waals surface area contributed by atoms with Crippen LogP contribution < -0.4 is 14.8 Å². The lowest BCUT2D eigenvalue weighted by atomic mass is 10.0. The molecule has 1 unspecified atom stereocenters. The Labute approximate surface area is 125 Å². The molecule has 1 aliphatic heterocycles. The van der Waals surface area contributed by atoms with Crippen LogP contribution in [0.1, 0.15) is 31.4 Å². The van der Waals surface area contributed by atoms with Crippen LogP contribution in [0.2, 0.25) is 0 Å². The average Bonchev–Trinajstić information content (AvgIpc) is 2.54. The van der Waals surface area contributed by atoms with E-state index in [1.165, 1.54) is 5.56 Å².